The van der Waals surface area contributed by atoms with Crippen LogP contribution < -0.4 is 5.32 Å². The van der Waals surface area contributed by atoms with Gasteiger partial charge < -0.3 is 10.4 Å². The Labute approximate surface area is 114 Å². The minimum Gasteiger partial charge on any atom is -0.478 e. The van der Waals surface area contributed by atoms with Gasteiger partial charge in [-0.3, -0.25) is 15.1 Å². The summed E-state index contributed by atoms with van der Waals surface area (Å²) in [6, 6.07) is 5.47. The maximum atomic E-state index is 11.0. The summed E-state index contributed by atoms with van der Waals surface area (Å²) < 4.78 is 0. The zero-order valence-corrected chi connectivity index (χ0v) is 10.5. The third kappa shape index (κ3) is 2.89. The van der Waals surface area contributed by atoms with Crippen LogP contribution in [0, 0.1) is 17.0 Å². The van der Waals surface area contributed by atoms with Crippen molar-refractivity contribution in [1.82, 2.24) is 4.98 Å². The maximum Gasteiger partial charge on any atom is 0.335 e. The number of carboxylic acid groups (broad SMARTS) is 1. The number of nitrogens with zero attached hydrogens (tertiary/aromatic N) is 2. The molecule has 0 aliphatic heterocycles. The third-order valence-electron chi connectivity index (χ3n) is 2.60. The first-order chi connectivity index (χ1) is 9.47. The second kappa shape index (κ2) is 5.35. The Morgan fingerprint density at radius 1 is 1.35 bits per heavy atom. The largest absolute Gasteiger partial charge is 0.478 e. The van der Waals surface area contributed by atoms with E-state index in [0.29, 0.717) is 5.69 Å². The average molecular weight is 273 g/mol. The number of nitro benzene ring substituents is 1. The molecule has 0 aliphatic carbocycles. The molecule has 1 aromatic carbocycles. The summed E-state index contributed by atoms with van der Waals surface area (Å²) in [5.41, 5.74) is 1.28. The molecule has 2 rings (SSSR count). The lowest BCUT2D eigenvalue weighted by atomic mass is 10.1. The fourth-order valence-corrected chi connectivity index (χ4v) is 1.70. The van der Waals surface area contributed by atoms with Crippen molar-refractivity contribution in [2.75, 3.05) is 5.32 Å². The van der Waals surface area contributed by atoms with Crippen LogP contribution in [0.25, 0.3) is 0 Å². The van der Waals surface area contributed by atoms with Gasteiger partial charge in [0.05, 0.1) is 22.4 Å². The van der Waals surface area contributed by atoms with E-state index in [1.165, 1.54) is 18.3 Å². The Morgan fingerprint density at radius 3 is 2.70 bits per heavy atom. The molecule has 7 nitrogen and oxygen atoms in total. The quantitative estimate of drug-likeness (QED) is 0.655. The minimum atomic E-state index is -1.21. The molecule has 0 unspecified atom stereocenters. The molecule has 0 amide bonds. The number of nitrogens with one attached hydrogen (secondary N) is 1. The number of rotatable bonds is 4. The Balaban J connectivity index is 2.41. The summed E-state index contributed by atoms with van der Waals surface area (Å²) in [6.07, 6.45) is 3.19. The van der Waals surface area contributed by atoms with E-state index in [2.05, 4.69) is 10.3 Å². The van der Waals surface area contributed by atoms with Crippen molar-refractivity contribution in [3.63, 3.8) is 0 Å². The molecule has 2 N–H and O–H groups in total. The smallest absolute Gasteiger partial charge is 0.335 e. The minimum absolute atomic E-state index is 0.135. The van der Waals surface area contributed by atoms with E-state index in [0.717, 1.165) is 11.6 Å². The van der Waals surface area contributed by atoms with Crippen LogP contribution in [0.5, 0.6) is 0 Å². The summed E-state index contributed by atoms with van der Waals surface area (Å²) >= 11 is 0. The predicted molar refractivity (Wildman–Crippen MR) is 72.3 cm³/mol. The number of aromatic carboxylic acids is 1. The van der Waals surface area contributed by atoms with Crippen LogP contribution in [0.1, 0.15) is 15.9 Å². The van der Waals surface area contributed by atoms with Gasteiger partial charge in [-0.05, 0) is 30.7 Å². The van der Waals surface area contributed by atoms with Gasteiger partial charge in [-0.1, -0.05) is 0 Å². The Hall–Kier alpha value is -2.96. The number of benzene rings is 1. The van der Waals surface area contributed by atoms with Gasteiger partial charge in [0.1, 0.15) is 5.69 Å². The summed E-state index contributed by atoms with van der Waals surface area (Å²) in [6.45, 7) is 1.85. The number of nitro groups is 1. The van der Waals surface area contributed by atoms with Crippen molar-refractivity contribution in [1.29, 1.82) is 0 Å². The molecule has 0 fully saturated rings. The summed E-state index contributed by atoms with van der Waals surface area (Å²) in [5, 5.41) is 22.7. The predicted octanol–water partition coefficient (Wildman–Crippen LogP) is 2.74. The van der Waals surface area contributed by atoms with Gasteiger partial charge in [0.15, 0.2) is 0 Å². The van der Waals surface area contributed by atoms with Crippen molar-refractivity contribution in [3.05, 3.63) is 57.9 Å². The zero-order chi connectivity index (χ0) is 14.7. The highest BCUT2D eigenvalue weighted by Crippen LogP contribution is 2.28. The summed E-state index contributed by atoms with van der Waals surface area (Å²) in [7, 11) is 0. The lowest BCUT2D eigenvalue weighted by Gasteiger charge is -2.08. The van der Waals surface area contributed by atoms with E-state index >= 15 is 0 Å². The number of hydrogen-bond acceptors (Lipinski definition) is 5. The third-order valence-corrected chi connectivity index (χ3v) is 2.60. The fraction of sp³-hybridized carbons (Fsp3) is 0.0769. The van der Waals surface area contributed by atoms with Gasteiger partial charge in [-0.25, -0.2) is 4.79 Å². The molecule has 0 radical (unpaired) electrons. The van der Waals surface area contributed by atoms with E-state index in [4.69, 9.17) is 5.11 Å². The second-order valence-electron chi connectivity index (χ2n) is 4.17. The Morgan fingerprint density at radius 2 is 2.10 bits per heavy atom. The monoisotopic (exact) mass is 273 g/mol. The highest BCUT2D eigenvalue weighted by molar-refractivity contribution is 5.90. The SMILES string of the molecule is Cc1cncc(Nc2ccc(C(=O)O)cc2[N+](=O)[O-])c1. The average Bonchev–Trinajstić information content (AvgIpc) is 2.38. The van der Waals surface area contributed by atoms with E-state index in [1.54, 1.807) is 12.3 Å². The zero-order valence-electron chi connectivity index (χ0n) is 10.5. The molecule has 0 atom stereocenters. The van der Waals surface area contributed by atoms with Crippen LogP contribution in [-0.2, 0) is 0 Å². The van der Waals surface area contributed by atoms with Gasteiger partial charge in [0.2, 0.25) is 0 Å². The van der Waals surface area contributed by atoms with E-state index < -0.39 is 10.9 Å². The molecule has 0 bridgehead atoms. The number of carbonyl (C=O) groups is 1. The van der Waals surface area contributed by atoms with Crippen molar-refractivity contribution in [3.8, 4) is 0 Å². The van der Waals surface area contributed by atoms with Crippen molar-refractivity contribution < 1.29 is 14.8 Å². The van der Waals surface area contributed by atoms with Crippen molar-refractivity contribution in [2.45, 2.75) is 6.92 Å². The molecule has 7 heteroatoms. The van der Waals surface area contributed by atoms with Crippen LogP contribution in [0.15, 0.2) is 36.7 Å². The van der Waals surface area contributed by atoms with Gasteiger partial charge in [0.25, 0.3) is 5.69 Å². The Kier molecular flexibility index (Phi) is 3.60. The number of aromatic nitrogens is 1. The van der Waals surface area contributed by atoms with Crippen LogP contribution >= 0.6 is 0 Å². The molecule has 0 saturated heterocycles. The molecule has 102 valence electrons. The first-order valence-corrected chi connectivity index (χ1v) is 5.68. The van der Waals surface area contributed by atoms with E-state index in [-0.39, 0.29) is 16.9 Å². The topological polar surface area (TPSA) is 105 Å². The number of pyridine rings is 1. The molecular weight excluding hydrogens is 262 g/mol. The number of anilines is 2. The normalized spacial score (nSPS) is 10.1. The van der Waals surface area contributed by atoms with Crippen LogP contribution in [0.3, 0.4) is 0 Å². The first-order valence-electron chi connectivity index (χ1n) is 5.68. The molecule has 1 aromatic heterocycles. The second-order valence-corrected chi connectivity index (χ2v) is 4.17. The summed E-state index contributed by atoms with van der Waals surface area (Å²) in [4.78, 5) is 25.2. The van der Waals surface area contributed by atoms with E-state index in [9.17, 15) is 14.9 Å². The van der Waals surface area contributed by atoms with Gasteiger partial charge in [-0.2, -0.15) is 0 Å². The van der Waals surface area contributed by atoms with Gasteiger partial charge in [0, 0.05) is 12.3 Å². The fourth-order valence-electron chi connectivity index (χ4n) is 1.70. The molecule has 0 saturated carbocycles. The lowest BCUT2D eigenvalue weighted by molar-refractivity contribution is -0.383. The highest BCUT2D eigenvalue weighted by Gasteiger charge is 2.17. The van der Waals surface area contributed by atoms with Crippen molar-refractivity contribution >= 4 is 23.0 Å². The molecular formula is C13H11N3O4. The summed E-state index contributed by atoms with van der Waals surface area (Å²) in [5.74, 6) is -1.21. The molecule has 20 heavy (non-hydrogen) atoms. The molecule has 0 aliphatic rings. The van der Waals surface area contributed by atoms with Crippen LogP contribution in [0.2, 0.25) is 0 Å². The van der Waals surface area contributed by atoms with Gasteiger partial charge in [-0.15, -0.1) is 0 Å². The van der Waals surface area contributed by atoms with Gasteiger partial charge >= 0.3 is 5.97 Å². The first kappa shape index (κ1) is 13.5. The van der Waals surface area contributed by atoms with Crippen LogP contribution in [-0.4, -0.2) is 21.0 Å². The lowest BCUT2D eigenvalue weighted by Crippen LogP contribution is -2.02. The molecule has 0 spiro atoms. The number of hydrogen-bond donors (Lipinski definition) is 2. The van der Waals surface area contributed by atoms with E-state index in [1.807, 2.05) is 6.92 Å². The van der Waals surface area contributed by atoms with Crippen molar-refractivity contribution in [2.24, 2.45) is 0 Å². The Bertz CT molecular complexity index is 685. The highest BCUT2D eigenvalue weighted by atomic mass is 16.6. The maximum absolute atomic E-state index is 11.0. The number of aryl methyl sites for hydroxylation is 1. The molecule has 1 heterocycles. The standard InChI is InChI=1S/C13H11N3O4/c1-8-4-10(7-14-6-8)15-11-3-2-9(13(17)18)5-12(11)16(19)20/h2-7,15H,1H3,(H,17,18). The number of carboxylic acids is 1. The van der Waals surface area contributed by atoms with Crippen LogP contribution in [0.4, 0.5) is 17.1 Å². The molecule has 2 aromatic rings.